The molecular formula is C18H20Cl3N3O3S. The SMILES string of the molecule is C[C@@H]1CN(Cc2csc(NC(=O)COc3cc(Cl)c(Cl)cc3Cl)n2)C[C@H](C)O1. The average Bonchev–Trinajstić information content (AvgIpc) is 3.02. The molecule has 2 atom stereocenters. The van der Waals surface area contributed by atoms with Crippen LogP contribution in [0.3, 0.4) is 0 Å². The van der Waals surface area contributed by atoms with Crippen molar-refractivity contribution in [2.24, 2.45) is 0 Å². The van der Waals surface area contributed by atoms with Crippen LogP contribution in [0.15, 0.2) is 17.5 Å². The van der Waals surface area contributed by atoms with Gasteiger partial charge in [-0.3, -0.25) is 15.0 Å². The molecule has 28 heavy (non-hydrogen) atoms. The predicted molar refractivity (Wildman–Crippen MR) is 113 cm³/mol. The number of halogens is 3. The van der Waals surface area contributed by atoms with E-state index in [0.29, 0.717) is 20.9 Å². The number of hydrogen-bond acceptors (Lipinski definition) is 6. The number of carbonyl (C=O) groups excluding carboxylic acids is 1. The molecule has 0 aliphatic carbocycles. The summed E-state index contributed by atoms with van der Waals surface area (Å²) in [6.07, 6.45) is 0.402. The van der Waals surface area contributed by atoms with Crippen molar-refractivity contribution in [3.8, 4) is 5.75 Å². The molecule has 0 radical (unpaired) electrons. The number of benzene rings is 1. The number of carbonyl (C=O) groups is 1. The maximum absolute atomic E-state index is 12.1. The normalized spacial score (nSPS) is 20.2. The van der Waals surface area contributed by atoms with Crippen LogP contribution in [0.2, 0.25) is 15.1 Å². The minimum atomic E-state index is -0.336. The highest BCUT2D eigenvalue weighted by atomic mass is 35.5. The van der Waals surface area contributed by atoms with Crippen LogP contribution in [0.1, 0.15) is 19.5 Å². The highest BCUT2D eigenvalue weighted by Crippen LogP contribution is 2.33. The predicted octanol–water partition coefficient (Wildman–Crippen LogP) is 4.73. The van der Waals surface area contributed by atoms with Crippen LogP contribution in [0.25, 0.3) is 0 Å². The Morgan fingerprint density at radius 2 is 1.93 bits per heavy atom. The van der Waals surface area contributed by atoms with E-state index in [1.807, 2.05) is 5.38 Å². The molecule has 1 fully saturated rings. The standard InChI is InChI=1S/C18H20Cl3N3O3S/c1-10-5-24(6-11(2)27-10)7-12-9-28-18(22-12)23-17(25)8-26-16-4-14(20)13(19)3-15(16)21/h3-4,9-11H,5-8H2,1-2H3,(H,22,23,25)/t10-,11+. The van der Waals surface area contributed by atoms with E-state index in [9.17, 15) is 4.79 Å². The maximum atomic E-state index is 12.1. The fraction of sp³-hybridized carbons (Fsp3) is 0.444. The minimum absolute atomic E-state index is 0.201. The van der Waals surface area contributed by atoms with Crippen LogP contribution in [-0.4, -0.2) is 47.7 Å². The number of hydrogen-bond donors (Lipinski definition) is 1. The molecule has 10 heteroatoms. The number of amides is 1. The van der Waals surface area contributed by atoms with E-state index < -0.39 is 0 Å². The van der Waals surface area contributed by atoms with Crippen LogP contribution >= 0.6 is 46.1 Å². The van der Waals surface area contributed by atoms with E-state index in [1.165, 1.54) is 23.5 Å². The van der Waals surface area contributed by atoms with Crippen LogP contribution in [0.5, 0.6) is 5.75 Å². The lowest BCUT2D eigenvalue weighted by Crippen LogP contribution is -2.44. The molecule has 0 saturated carbocycles. The lowest BCUT2D eigenvalue weighted by molar-refractivity contribution is -0.118. The molecule has 1 aromatic carbocycles. The first-order chi connectivity index (χ1) is 13.3. The van der Waals surface area contributed by atoms with Crippen molar-refractivity contribution in [1.29, 1.82) is 0 Å². The second kappa shape index (κ2) is 9.61. The quantitative estimate of drug-likeness (QED) is 0.626. The topological polar surface area (TPSA) is 63.7 Å². The number of anilines is 1. The Kier molecular flexibility index (Phi) is 7.42. The lowest BCUT2D eigenvalue weighted by Gasteiger charge is -2.34. The average molecular weight is 465 g/mol. The van der Waals surface area contributed by atoms with E-state index in [0.717, 1.165) is 25.3 Å². The van der Waals surface area contributed by atoms with Crippen LogP contribution in [-0.2, 0) is 16.1 Å². The summed E-state index contributed by atoms with van der Waals surface area (Å²) in [7, 11) is 0. The summed E-state index contributed by atoms with van der Waals surface area (Å²) in [5, 5.41) is 6.11. The van der Waals surface area contributed by atoms with Gasteiger partial charge in [-0.2, -0.15) is 0 Å². The lowest BCUT2D eigenvalue weighted by atomic mass is 10.2. The number of ether oxygens (including phenoxy) is 2. The fourth-order valence-corrected chi connectivity index (χ4v) is 4.30. The minimum Gasteiger partial charge on any atom is -0.482 e. The second-order valence-electron chi connectivity index (χ2n) is 6.63. The Bertz CT molecular complexity index is 839. The van der Waals surface area contributed by atoms with Gasteiger partial charge in [0.1, 0.15) is 5.75 Å². The Labute approximate surface area is 182 Å². The molecule has 1 N–H and O–H groups in total. The highest BCUT2D eigenvalue weighted by molar-refractivity contribution is 7.13. The Hall–Kier alpha value is -1.09. The van der Waals surface area contributed by atoms with Gasteiger partial charge in [0.05, 0.1) is 33.0 Å². The van der Waals surface area contributed by atoms with Crippen molar-refractivity contribution in [3.05, 3.63) is 38.3 Å². The van der Waals surface area contributed by atoms with Crippen molar-refractivity contribution in [3.63, 3.8) is 0 Å². The van der Waals surface area contributed by atoms with Gasteiger partial charge in [0.25, 0.3) is 5.91 Å². The first-order valence-corrected chi connectivity index (χ1v) is 10.7. The Balaban J connectivity index is 1.51. The van der Waals surface area contributed by atoms with Gasteiger partial charge in [-0.25, -0.2) is 4.98 Å². The van der Waals surface area contributed by atoms with Crippen molar-refractivity contribution >= 4 is 57.2 Å². The molecule has 0 unspecified atom stereocenters. The first kappa shape index (κ1) is 21.6. The summed E-state index contributed by atoms with van der Waals surface area (Å²) in [6, 6.07) is 2.95. The summed E-state index contributed by atoms with van der Waals surface area (Å²) in [6.45, 7) is 6.36. The molecule has 2 aromatic rings. The van der Waals surface area contributed by atoms with Crippen LogP contribution < -0.4 is 10.1 Å². The van der Waals surface area contributed by atoms with Gasteiger partial charge in [0.2, 0.25) is 0 Å². The molecule has 3 rings (SSSR count). The van der Waals surface area contributed by atoms with E-state index in [-0.39, 0.29) is 29.7 Å². The third-order valence-corrected chi connectivity index (χ3v) is 5.84. The molecule has 1 aliphatic rings. The number of aromatic nitrogens is 1. The monoisotopic (exact) mass is 463 g/mol. The summed E-state index contributed by atoms with van der Waals surface area (Å²) >= 11 is 19.2. The number of rotatable bonds is 6. The Morgan fingerprint density at radius 3 is 2.64 bits per heavy atom. The van der Waals surface area contributed by atoms with Crippen LogP contribution in [0.4, 0.5) is 5.13 Å². The zero-order valence-corrected chi connectivity index (χ0v) is 18.5. The van der Waals surface area contributed by atoms with Gasteiger partial charge in [-0.05, 0) is 19.9 Å². The van der Waals surface area contributed by atoms with Gasteiger partial charge in [-0.15, -0.1) is 11.3 Å². The second-order valence-corrected chi connectivity index (χ2v) is 8.71. The zero-order chi connectivity index (χ0) is 20.3. The van der Waals surface area contributed by atoms with Gasteiger partial charge < -0.3 is 9.47 Å². The third kappa shape index (κ3) is 5.95. The number of morpholine rings is 1. The third-order valence-electron chi connectivity index (χ3n) is 4.01. The molecule has 6 nitrogen and oxygen atoms in total. The van der Waals surface area contributed by atoms with Crippen molar-refractivity contribution in [2.45, 2.75) is 32.6 Å². The van der Waals surface area contributed by atoms with Crippen molar-refractivity contribution in [1.82, 2.24) is 9.88 Å². The smallest absolute Gasteiger partial charge is 0.264 e. The van der Waals surface area contributed by atoms with Gasteiger partial charge in [-0.1, -0.05) is 34.8 Å². The number of nitrogens with zero attached hydrogens (tertiary/aromatic N) is 2. The van der Waals surface area contributed by atoms with Gasteiger partial charge >= 0.3 is 0 Å². The molecule has 0 bridgehead atoms. The molecule has 2 heterocycles. The molecule has 1 aromatic heterocycles. The van der Waals surface area contributed by atoms with Crippen molar-refractivity contribution < 1.29 is 14.3 Å². The molecule has 1 saturated heterocycles. The molecule has 1 amide bonds. The summed E-state index contributed by atoms with van der Waals surface area (Å²) < 4.78 is 11.2. The van der Waals surface area contributed by atoms with E-state index in [4.69, 9.17) is 44.3 Å². The Morgan fingerprint density at radius 1 is 1.25 bits per heavy atom. The van der Waals surface area contributed by atoms with Crippen molar-refractivity contribution in [2.75, 3.05) is 25.0 Å². The molecule has 0 spiro atoms. The van der Waals surface area contributed by atoms with E-state index >= 15 is 0 Å². The maximum Gasteiger partial charge on any atom is 0.264 e. The highest BCUT2D eigenvalue weighted by Gasteiger charge is 2.22. The number of thiazole rings is 1. The first-order valence-electron chi connectivity index (χ1n) is 8.69. The molecule has 1 aliphatic heterocycles. The van der Waals surface area contributed by atoms with Gasteiger partial charge in [0.15, 0.2) is 11.7 Å². The number of nitrogens with one attached hydrogen (secondary N) is 1. The fourth-order valence-electron chi connectivity index (χ4n) is 2.99. The summed E-state index contributed by atoms with van der Waals surface area (Å²) in [4.78, 5) is 18.9. The molecule has 152 valence electrons. The van der Waals surface area contributed by atoms with Gasteiger partial charge in [0, 0.05) is 31.1 Å². The molecular weight excluding hydrogens is 445 g/mol. The summed E-state index contributed by atoms with van der Waals surface area (Å²) in [5.74, 6) is -0.0433. The van der Waals surface area contributed by atoms with E-state index in [2.05, 4.69) is 29.0 Å². The summed E-state index contributed by atoms with van der Waals surface area (Å²) in [5.41, 5.74) is 0.912. The largest absolute Gasteiger partial charge is 0.482 e. The van der Waals surface area contributed by atoms with Crippen LogP contribution in [0, 0.1) is 0 Å². The van der Waals surface area contributed by atoms with E-state index in [1.54, 1.807) is 0 Å². The zero-order valence-electron chi connectivity index (χ0n) is 15.4.